The summed E-state index contributed by atoms with van der Waals surface area (Å²) in [5.41, 5.74) is 1.22. The molecule has 1 fully saturated rings. The highest BCUT2D eigenvalue weighted by atomic mass is 31.1. The zero-order valence-corrected chi connectivity index (χ0v) is 23.8. The van der Waals surface area contributed by atoms with Gasteiger partial charge in [0.2, 0.25) is 0 Å². The molecule has 1 aliphatic rings. The molecule has 3 aromatic rings. The van der Waals surface area contributed by atoms with Crippen LogP contribution in [0.4, 0.5) is 5.82 Å². The van der Waals surface area contributed by atoms with E-state index in [2.05, 4.69) is 54.1 Å². The van der Waals surface area contributed by atoms with E-state index in [4.69, 9.17) is 13.7 Å². The molecular formula is C24H34N5O6PSi. The number of ether oxygens (including phenoxy) is 1. The molecule has 1 aromatic carbocycles. The maximum absolute atomic E-state index is 12.7. The first-order valence-electron chi connectivity index (χ1n) is 12.2. The molecule has 2 aromatic heterocycles. The van der Waals surface area contributed by atoms with Gasteiger partial charge in [-0.2, -0.15) is 0 Å². The molecule has 4 rings (SSSR count). The number of carbonyl (C=O) groups is 1. The van der Waals surface area contributed by atoms with E-state index >= 15 is 0 Å². The normalized spacial score (nSPS) is 23.3. The van der Waals surface area contributed by atoms with Gasteiger partial charge >= 0.3 is 8.25 Å². The van der Waals surface area contributed by atoms with Crippen LogP contribution >= 0.6 is 8.25 Å². The van der Waals surface area contributed by atoms with Crippen LogP contribution < -0.4 is 5.32 Å². The Morgan fingerprint density at radius 2 is 1.89 bits per heavy atom. The van der Waals surface area contributed by atoms with Crippen LogP contribution in [0.2, 0.25) is 18.1 Å². The number of fused-ring (bicyclic) bond motifs is 1. The molecule has 1 aliphatic heterocycles. The van der Waals surface area contributed by atoms with Crippen molar-refractivity contribution in [2.24, 2.45) is 0 Å². The largest absolute Gasteiger partial charge is 0.408 e. The summed E-state index contributed by atoms with van der Waals surface area (Å²) in [6, 6.07) is 8.77. The lowest BCUT2D eigenvalue weighted by molar-refractivity contribution is -0.0303. The van der Waals surface area contributed by atoms with Gasteiger partial charge in [0.05, 0.1) is 12.4 Å². The Morgan fingerprint density at radius 1 is 1.19 bits per heavy atom. The number of amides is 1. The van der Waals surface area contributed by atoms with Gasteiger partial charge < -0.3 is 19.4 Å². The van der Waals surface area contributed by atoms with E-state index in [0.29, 0.717) is 23.1 Å². The van der Waals surface area contributed by atoms with Crippen LogP contribution in [-0.4, -0.2) is 56.9 Å². The van der Waals surface area contributed by atoms with Gasteiger partial charge in [0.1, 0.15) is 18.5 Å². The third-order valence-corrected chi connectivity index (χ3v) is 12.0. The van der Waals surface area contributed by atoms with Crippen molar-refractivity contribution in [1.82, 2.24) is 19.5 Å². The van der Waals surface area contributed by atoms with Crippen LogP contribution in [-0.2, 0) is 18.3 Å². The van der Waals surface area contributed by atoms with E-state index in [1.165, 1.54) is 12.7 Å². The number of rotatable bonds is 8. The maximum Gasteiger partial charge on any atom is 0.317 e. The van der Waals surface area contributed by atoms with E-state index in [-0.39, 0.29) is 22.9 Å². The molecule has 5 atom stereocenters. The molecule has 1 saturated heterocycles. The molecule has 200 valence electrons. The molecular weight excluding hydrogens is 513 g/mol. The van der Waals surface area contributed by atoms with E-state index in [1.54, 1.807) is 28.8 Å². The van der Waals surface area contributed by atoms with Gasteiger partial charge in [-0.1, -0.05) is 45.9 Å². The summed E-state index contributed by atoms with van der Waals surface area (Å²) in [5, 5.41) is 2.70. The molecule has 2 N–H and O–H groups in total. The second kappa shape index (κ2) is 10.7. The first kappa shape index (κ1) is 27.6. The van der Waals surface area contributed by atoms with Gasteiger partial charge in [0.15, 0.2) is 31.5 Å². The third-order valence-electron chi connectivity index (χ3n) is 7.06. The van der Waals surface area contributed by atoms with Crippen LogP contribution in [0.3, 0.4) is 0 Å². The average molecular weight is 548 g/mol. The number of anilines is 1. The van der Waals surface area contributed by atoms with Crippen LogP contribution in [0.25, 0.3) is 11.2 Å². The zero-order valence-electron chi connectivity index (χ0n) is 21.8. The summed E-state index contributed by atoms with van der Waals surface area (Å²) in [4.78, 5) is 35.5. The summed E-state index contributed by atoms with van der Waals surface area (Å²) >= 11 is 0. The van der Waals surface area contributed by atoms with Crippen LogP contribution in [0.1, 0.15) is 50.7 Å². The minimum Gasteiger partial charge on any atom is -0.408 e. The standard InChI is InChI=1S/C24H34N5O6PSi/c1-7-16-18(35-37(5,6)24(2,3)4)19(34-36(31)32)23(33-16)29-14-27-17-20(25-13-26-21(17)29)28-22(30)15-11-9-8-10-12-15/h8-14,16,18-19,23,36H,7H2,1-6H3,(H,31,32)(H,25,26,28,30)/t16-,18?,19+,23-/m1/s1. The Kier molecular flexibility index (Phi) is 7.98. The van der Waals surface area contributed by atoms with Crippen molar-refractivity contribution < 1.29 is 27.9 Å². The van der Waals surface area contributed by atoms with Gasteiger partial charge in [-0.3, -0.25) is 18.5 Å². The molecule has 2 unspecified atom stereocenters. The van der Waals surface area contributed by atoms with Gasteiger partial charge in [0.25, 0.3) is 5.91 Å². The molecule has 37 heavy (non-hydrogen) atoms. The van der Waals surface area contributed by atoms with Crippen molar-refractivity contribution in [3.63, 3.8) is 0 Å². The fraction of sp³-hybridized carbons (Fsp3) is 0.500. The average Bonchev–Trinajstić information content (AvgIpc) is 3.40. The van der Waals surface area contributed by atoms with Crippen molar-refractivity contribution in [3.05, 3.63) is 48.5 Å². The highest BCUT2D eigenvalue weighted by molar-refractivity contribution is 7.32. The van der Waals surface area contributed by atoms with E-state index in [9.17, 15) is 14.3 Å². The van der Waals surface area contributed by atoms with Gasteiger partial charge in [-0.15, -0.1) is 0 Å². The lowest BCUT2D eigenvalue weighted by Crippen LogP contribution is -2.49. The first-order valence-corrected chi connectivity index (χ1v) is 16.4. The third kappa shape index (κ3) is 5.69. The minimum atomic E-state index is -3.32. The predicted octanol–water partition coefficient (Wildman–Crippen LogP) is 4.54. The molecule has 13 heteroatoms. The Balaban J connectivity index is 1.69. The molecule has 0 spiro atoms. The number of nitrogens with zero attached hydrogens (tertiary/aromatic N) is 4. The van der Waals surface area contributed by atoms with Crippen LogP contribution in [0.5, 0.6) is 0 Å². The summed E-state index contributed by atoms with van der Waals surface area (Å²) in [7, 11) is -5.60. The summed E-state index contributed by atoms with van der Waals surface area (Å²) in [6.45, 7) is 12.6. The fourth-order valence-electron chi connectivity index (χ4n) is 4.06. The van der Waals surface area contributed by atoms with E-state index in [1.807, 2.05) is 13.0 Å². The highest BCUT2D eigenvalue weighted by Gasteiger charge is 2.51. The zero-order chi connectivity index (χ0) is 27.0. The van der Waals surface area contributed by atoms with Gasteiger partial charge in [-0.05, 0) is 36.7 Å². The Hall–Kier alpha value is -2.47. The predicted molar refractivity (Wildman–Crippen MR) is 142 cm³/mol. The number of imidazole rings is 1. The molecule has 0 aliphatic carbocycles. The number of hydrogen-bond donors (Lipinski definition) is 2. The molecule has 11 nitrogen and oxygen atoms in total. The van der Waals surface area contributed by atoms with E-state index in [0.717, 1.165) is 0 Å². The number of nitrogens with one attached hydrogen (secondary N) is 1. The summed E-state index contributed by atoms with van der Waals surface area (Å²) in [6.07, 6.45) is 0.817. The second-order valence-corrected chi connectivity index (χ2v) is 16.1. The fourth-order valence-corrected chi connectivity index (χ4v) is 5.86. The van der Waals surface area contributed by atoms with Crippen molar-refractivity contribution in [1.29, 1.82) is 0 Å². The number of benzene rings is 1. The van der Waals surface area contributed by atoms with Crippen molar-refractivity contribution in [2.75, 3.05) is 5.32 Å². The molecule has 3 heterocycles. The summed E-state index contributed by atoms with van der Waals surface area (Å²) in [5.74, 6) is -0.0915. The number of carbonyl (C=O) groups excluding carboxylic acids is 1. The van der Waals surface area contributed by atoms with Crippen molar-refractivity contribution in [3.8, 4) is 0 Å². The highest BCUT2D eigenvalue weighted by Crippen LogP contribution is 2.45. The van der Waals surface area contributed by atoms with Gasteiger partial charge in [-0.25, -0.2) is 15.0 Å². The molecule has 1 amide bonds. The van der Waals surface area contributed by atoms with Crippen LogP contribution in [0.15, 0.2) is 43.0 Å². The SMILES string of the molecule is CC[C@H]1O[C@@H](n2cnc3c(NC(=O)c4ccccc4)ncnc32)[C@@H](O[PH](=O)O)C1O[Si](C)(C)C(C)(C)C. The van der Waals surface area contributed by atoms with Crippen molar-refractivity contribution in [2.45, 2.75) is 76.8 Å². The molecule has 0 bridgehead atoms. The summed E-state index contributed by atoms with van der Waals surface area (Å²) < 4.78 is 32.1. The number of hydrogen-bond acceptors (Lipinski definition) is 8. The lowest BCUT2D eigenvalue weighted by atomic mass is 10.1. The first-order chi connectivity index (χ1) is 17.4. The van der Waals surface area contributed by atoms with E-state index < -0.39 is 35.0 Å². The Labute approximate surface area is 217 Å². The maximum atomic E-state index is 12.7. The van der Waals surface area contributed by atoms with Crippen molar-refractivity contribution >= 4 is 39.5 Å². The quantitative estimate of drug-likeness (QED) is 0.307. The van der Waals surface area contributed by atoms with Gasteiger partial charge in [0, 0.05) is 5.56 Å². The molecule has 0 saturated carbocycles. The Morgan fingerprint density at radius 3 is 2.51 bits per heavy atom. The topological polar surface area (TPSA) is 138 Å². The molecule has 0 radical (unpaired) electrons. The lowest BCUT2D eigenvalue weighted by Gasteiger charge is -2.40. The minimum absolute atomic E-state index is 0.0841. The number of aromatic nitrogens is 4. The van der Waals surface area contributed by atoms with Crippen LogP contribution in [0, 0.1) is 0 Å². The second-order valence-electron chi connectivity index (χ2n) is 10.5. The Bertz CT molecular complexity index is 1280. The smallest absolute Gasteiger partial charge is 0.317 e. The monoisotopic (exact) mass is 547 g/mol.